The fourth-order valence-electron chi connectivity index (χ4n) is 4.27. The van der Waals surface area contributed by atoms with Gasteiger partial charge in [-0.3, -0.25) is 23.1 Å². The predicted octanol–water partition coefficient (Wildman–Crippen LogP) is 4.32. The summed E-state index contributed by atoms with van der Waals surface area (Å²) in [5, 5.41) is 0. The van der Waals surface area contributed by atoms with E-state index in [9.17, 15) is 13.9 Å². The highest BCUT2D eigenvalue weighted by atomic mass is 32.3. The lowest BCUT2D eigenvalue weighted by atomic mass is 9.97. The topological polar surface area (TPSA) is 83.5 Å². The van der Waals surface area contributed by atoms with Crippen molar-refractivity contribution >= 4 is 21.8 Å². The number of fused-ring (bicyclic) bond motifs is 1. The minimum Gasteiger partial charge on any atom is -0.299 e. The van der Waals surface area contributed by atoms with Gasteiger partial charge in [0.15, 0.2) is 5.65 Å². The summed E-state index contributed by atoms with van der Waals surface area (Å²) >= 11 is 0. The van der Waals surface area contributed by atoms with Crippen molar-refractivity contribution in [2.24, 2.45) is 12.5 Å². The van der Waals surface area contributed by atoms with Gasteiger partial charge in [0.05, 0.1) is 22.7 Å². The number of hydrogen-bond acceptors (Lipinski definition) is 5. The van der Waals surface area contributed by atoms with Gasteiger partial charge in [0.1, 0.15) is 0 Å². The van der Waals surface area contributed by atoms with Crippen molar-refractivity contribution in [3.05, 3.63) is 51.9 Å². The first-order chi connectivity index (χ1) is 14.9. The Morgan fingerprint density at radius 2 is 1.78 bits per heavy atom. The third-order valence-electron chi connectivity index (χ3n) is 6.07. The molecule has 0 saturated carbocycles. The maximum absolute atomic E-state index is 12.8. The number of pyridine rings is 1. The van der Waals surface area contributed by atoms with Gasteiger partial charge in [0.25, 0.3) is 0 Å². The Morgan fingerprint density at radius 3 is 2.44 bits per heavy atom. The molecule has 1 aliphatic rings. The third-order valence-corrected chi connectivity index (χ3v) is 7.74. The normalized spacial score (nSPS) is 18.2. The number of benzene rings is 1. The summed E-state index contributed by atoms with van der Waals surface area (Å²) in [4.78, 5) is 20.0. The summed E-state index contributed by atoms with van der Waals surface area (Å²) in [5.41, 5.74) is 5.72. The standard InChI is InChI=1S/C24H34N4O3S/c1-17-6-7-18(15-27-10-12-32(30,31)13-11-27)14-19(17)20-8-9-21-22(25-20)26(5)23(29)28(21)16-24(2,3)4/h6-9,14,30-31H,10-13,15-16H2,1-5H3. The molecule has 3 heterocycles. The zero-order chi connectivity index (χ0) is 23.3. The van der Waals surface area contributed by atoms with Crippen molar-refractivity contribution in [3.8, 4) is 11.3 Å². The summed E-state index contributed by atoms with van der Waals surface area (Å²) in [7, 11) is -0.603. The van der Waals surface area contributed by atoms with Crippen molar-refractivity contribution in [1.29, 1.82) is 0 Å². The van der Waals surface area contributed by atoms with E-state index in [-0.39, 0.29) is 11.1 Å². The Hall–Kier alpha value is -2.13. The Morgan fingerprint density at radius 1 is 1.09 bits per heavy atom. The first-order valence-electron chi connectivity index (χ1n) is 11.1. The number of imidazole rings is 1. The van der Waals surface area contributed by atoms with E-state index in [1.807, 2.05) is 16.7 Å². The predicted molar refractivity (Wildman–Crippen MR) is 132 cm³/mol. The second kappa shape index (κ2) is 8.33. The van der Waals surface area contributed by atoms with Crippen molar-refractivity contribution in [2.45, 2.75) is 40.8 Å². The number of rotatable bonds is 4. The number of aromatic nitrogens is 3. The summed E-state index contributed by atoms with van der Waals surface area (Å²) in [6.45, 7) is 11.2. The molecule has 32 heavy (non-hydrogen) atoms. The molecule has 2 N–H and O–H groups in total. The van der Waals surface area contributed by atoms with Gasteiger partial charge >= 0.3 is 5.69 Å². The van der Waals surface area contributed by atoms with Crippen LogP contribution in [0, 0.1) is 12.3 Å². The second-order valence-electron chi connectivity index (χ2n) is 10.2. The van der Waals surface area contributed by atoms with Gasteiger partial charge in [-0.05, 0) is 41.7 Å². The Bertz CT molecular complexity index is 1200. The van der Waals surface area contributed by atoms with E-state index in [1.54, 1.807) is 11.6 Å². The SMILES string of the molecule is Cc1ccc(CN2CCS(O)(O)CC2)cc1-c1ccc2c(n1)n(C)c(=O)n2CC(C)(C)C. The van der Waals surface area contributed by atoms with Crippen LogP contribution in [0.25, 0.3) is 22.4 Å². The fraction of sp³-hybridized carbons (Fsp3) is 0.500. The van der Waals surface area contributed by atoms with Gasteiger partial charge in [0, 0.05) is 38.8 Å². The van der Waals surface area contributed by atoms with Crippen LogP contribution in [0.1, 0.15) is 31.9 Å². The quantitative estimate of drug-likeness (QED) is 0.608. The Kier molecular flexibility index (Phi) is 6.00. The number of nitrogens with zero attached hydrogens (tertiary/aromatic N) is 4. The lowest BCUT2D eigenvalue weighted by molar-refractivity contribution is 0.278. The van der Waals surface area contributed by atoms with Crippen LogP contribution in [0.4, 0.5) is 0 Å². The largest absolute Gasteiger partial charge is 0.330 e. The highest BCUT2D eigenvalue weighted by molar-refractivity contribution is 8.24. The van der Waals surface area contributed by atoms with Gasteiger partial charge in [-0.25, -0.2) is 9.78 Å². The zero-order valence-corrected chi connectivity index (χ0v) is 20.4. The van der Waals surface area contributed by atoms with Crippen LogP contribution in [0.3, 0.4) is 0 Å². The molecule has 7 nitrogen and oxygen atoms in total. The fourth-order valence-corrected chi connectivity index (χ4v) is 5.58. The van der Waals surface area contributed by atoms with Crippen LogP contribution in [0.15, 0.2) is 35.1 Å². The average Bonchev–Trinajstić information content (AvgIpc) is 2.94. The lowest BCUT2D eigenvalue weighted by Gasteiger charge is -2.41. The molecule has 3 aromatic rings. The van der Waals surface area contributed by atoms with Gasteiger partial charge < -0.3 is 0 Å². The molecule has 174 valence electrons. The monoisotopic (exact) mass is 458 g/mol. The summed E-state index contributed by atoms with van der Waals surface area (Å²) in [6.07, 6.45) is 0. The van der Waals surface area contributed by atoms with Crippen LogP contribution < -0.4 is 5.69 Å². The van der Waals surface area contributed by atoms with Crippen molar-refractivity contribution in [2.75, 3.05) is 24.6 Å². The minimum atomic E-state index is -2.39. The molecule has 8 heteroatoms. The van der Waals surface area contributed by atoms with Gasteiger partial charge in [-0.2, -0.15) is 10.6 Å². The van der Waals surface area contributed by atoms with Gasteiger partial charge in [0.2, 0.25) is 0 Å². The van der Waals surface area contributed by atoms with E-state index in [1.165, 1.54) is 5.56 Å². The number of aryl methyl sites for hydroxylation is 2. The molecular formula is C24H34N4O3S. The second-order valence-corrected chi connectivity index (χ2v) is 12.6. The molecular weight excluding hydrogens is 424 g/mol. The van der Waals surface area contributed by atoms with Crippen molar-refractivity contribution in [3.63, 3.8) is 0 Å². The summed E-state index contributed by atoms with van der Waals surface area (Å²) < 4.78 is 23.2. The van der Waals surface area contributed by atoms with E-state index < -0.39 is 10.6 Å². The molecule has 1 fully saturated rings. The summed E-state index contributed by atoms with van der Waals surface area (Å²) in [5.74, 6) is 0.896. The minimum absolute atomic E-state index is 0.0106. The smallest absolute Gasteiger partial charge is 0.299 e. The molecule has 0 unspecified atom stereocenters. The molecule has 0 atom stereocenters. The third kappa shape index (κ3) is 4.78. The van der Waals surface area contributed by atoms with Crippen LogP contribution in [0.5, 0.6) is 0 Å². The van der Waals surface area contributed by atoms with E-state index in [4.69, 9.17) is 4.98 Å². The van der Waals surface area contributed by atoms with E-state index in [2.05, 4.69) is 50.8 Å². The van der Waals surface area contributed by atoms with E-state index in [0.29, 0.717) is 36.8 Å². The molecule has 1 aliphatic heterocycles. The number of hydrogen-bond donors (Lipinski definition) is 2. The van der Waals surface area contributed by atoms with E-state index >= 15 is 0 Å². The Balaban J connectivity index is 1.66. The van der Waals surface area contributed by atoms with Crippen molar-refractivity contribution in [1.82, 2.24) is 19.0 Å². The molecule has 0 amide bonds. The van der Waals surface area contributed by atoms with Crippen LogP contribution in [-0.4, -0.2) is 52.7 Å². The average molecular weight is 459 g/mol. The maximum atomic E-state index is 12.8. The molecule has 4 rings (SSSR count). The molecule has 0 aliphatic carbocycles. The van der Waals surface area contributed by atoms with Crippen LogP contribution >= 0.6 is 10.6 Å². The van der Waals surface area contributed by atoms with Gasteiger partial charge in [-0.15, -0.1) is 0 Å². The highest BCUT2D eigenvalue weighted by Crippen LogP contribution is 2.40. The van der Waals surface area contributed by atoms with E-state index in [0.717, 1.165) is 28.9 Å². The maximum Gasteiger partial charge on any atom is 0.330 e. The van der Waals surface area contributed by atoms with Crippen LogP contribution in [-0.2, 0) is 20.1 Å². The highest BCUT2D eigenvalue weighted by Gasteiger charge is 2.23. The molecule has 1 saturated heterocycles. The first kappa shape index (κ1) is 23.0. The van der Waals surface area contributed by atoms with Crippen molar-refractivity contribution < 1.29 is 9.11 Å². The molecule has 1 aromatic carbocycles. The molecule has 0 bridgehead atoms. The molecule has 0 radical (unpaired) electrons. The Labute approximate surface area is 191 Å². The summed E-state index contributed by atoms with van der Waals surface area (Å²) in [6, 6.07) is 10.4. The first-order valence-corrected chi connectivity index (χ1v) is 12.9. The zero-order valence-electron chi connectivity index (χ0n) is 19.6. The molecule has 2 aromatic heterocycles. The lowest BCUT2D eigenvalue weighted by Crippen LogP contribution is -2.37. The van der Waals surface area contributed by atoms with Crippen LogP contribution in [0.2, 0.25) is 0 Å². The van der Waals surface area contributed by atoms with Gasteiger partial charge in [-0.1, -0.05) is 32.9 Å². The molecule has 0 spiro atoms.